The second-order valence-corrected chi connectivity index (χ2v) is 5.44. The Bertz CT molecular complexity index is 615. The molecule has 0 aromatic heterocycles. The molecule has 106 valence electrons. The van der Waals surface area contributed by atoms with Gasteiger partial charge in [-0.05, 0) is 37.7 Å². The maximum absolute atomic E-state index is 14.0. The summed E-state index contributed by atoms with van der Waals surface area (Å²) in [6.07, 6.45) is 0. The van der Waals surface area contributed by atoms with Crippen LogP contribution in [0.3, 0.4) is 0 Å². The van der Waals surface area contributed by atoms with Crippen LogP contribution in [0.5, 0.6) is 5.75 Å². The molecule has 1 atom stereocenters. The second kappa shape index (κ2) is 6.37. The molecule has 1 N–H and O–H groups in total. The van der Waals surface area contributed by atoms with E-state index in [1.165, 1.54) is 6.07 Å². The molecular weight excluding hydrogens is 321 g/mol. The third-order valence-electron chi connectivity index (χ3n) is 3.33. The van der Waals surface area contributed by atoms with Crippen molar-refractivity contribution in [1.29, 1.82) is 0 Å². The zero-order valence-corrected chi connectivity index (χ0v) is 13.3. The van der Waals surface area contributed by atoms with Gasteiger partial charge >= 0.3 is 0 Å². The van der Waals surface area contributed by atoms with Crippen LogP contribution in [0.4, 0.5) is 4.39 Å². The van der Waals surface area contributed by atoms with Crippen LogP contribution >= 0.6 is 15.9 Å². The number of nitrogens with one attached hydrogen (secondary N) is 1. The topological polar surface area (TPSA) is 21.3 Å². The Kier molecular flexibility index (Phi) is 4.78. The van der Waals surface area contributed by atoms with Crippen molar-refractivity contribution in [3.8, 4) is 5.75 Å². The van der Waals surface area contributed by atoms with Gasteiger partial charge in [0.05, 0.1) is 13.2 Å². The van der Waals surface area contributed by atoms with E-state index in [2.05, 4.69) is 21.2 Å². The SMILES string of the molecule is CNC(c1ccccc1F)c1cc(Br)c(C)cc1OC. The van der Waals surface area contributed by atoms with Gasteiger partial charge in [0.1, 0.15) is 11.6 Å². The monoisotopic (exact) mass is 337 g/mol. The highest BCUT2D eigenvalue weighted by Gasteiger charge is 2.20. The quantitative estimate of drug-likeness (QED) is 0.902. The maximum atomic E-state index is 14.0. The lowest BCUT2D eigenvalue weighted by atomic mass is 9.96. The number of hydrogen-bond donors (Lipinski definition) is 1. The van der Waals surface area contributed by atoms with Crippen molar-refractivity contribution < 1.29 is 9.13 Å². The molecule has 20 heavy (non-hydrogen) atoms. The maximum Gasteiger partial charge on any atom is 0.128 e. The van der Waals surface area contributed by atoms with E-state index in [-0.39, 0.29) is 11.9 Å². The van der Waals surface area contributed by atoms with E-state index in [4.69, 9.17) is 4.74 Å². The lowest BCUT2D eigenvalue weighted by molar-refractivity contribution is 0.404. The van der Waals surface area contributed by atoms with Gasteiger partial charge in [0.25, 0.3) is 0 Å². The van der Waals surface area contributed by atoms with Crippen LogP contribution in [0.2, 0.25) is 0 Å². The van der Waals surface area contributed by atoms with Gasteiger partial charge in [0.2, 0.25) is 0 Å². The minimum absolute atomic E-state index is 0.231. The Morgan fingerprint density at radius 2 is 1.90 bits per heavy atom. The van der Waals surface area contributed by atoms with Crippen molar-refractivity contribution in [2.75, 3.05) is 14.2 Å². The number of hydrogen-bond acceptors (Lipinski definition) is 2. The Hall–Kier alpha value is -1.39. The minimum atomic E-state index is -0.261. The van der Waals surface area contributed by atoms with Gasteiger partial charge in [-0.15, -0.1) is 0 Å². The summed E-state index contributed by atoms with van der Waals surface area (Å²) in [7, 11) is 3.44. The normalized spacial score (nSPS) is 12.2. The van der Waals surface area contributed by atoms with Gasteiger partial charge < -0.3 is 10.1 Å². The van der Waals surface area contributed by atoms with Crippen LogP contribution in [0.25, 0.3) is 0 Å². The van der Waals surface area contributed by atoms with Crippen LogP contribution in [-0.4, -0.2) is 14.2 Å². The highest BCUT2D eigenvalue weighted by molar-refractivity contribution is 9.10. The standard InChI is InChI=1S/C16H17BrFNO/c1-10-8-15(20-3)12(9-13(10)17)16(19-2)11-6-4-5-7-14(11)18/h4-9,16,19H,1-3H3. The lowest BCUT2D eigenvalue weighted by Crippen LogP contribution is -2.19. The van der Waals surface area contributed by atoms with E-state index in [1.807, 2.05) is 32.2 Å². The molecule has 0 fully saturated rings. The molecular formula is C16H17BrFNO. The van der Waals surface area contributed by atoms with Gasteiger partial charge in [-0.3, -0.25) is 0 Å². The molecule has 0 saturated carbocycles. The molecule has 4 heteroatoms. The molecule has 0 heterocycles. The van der Waals surface area contributed by atoms with Crippen LogP contribution in [-0.2, 0) is 0 Å². The van der Waals surface area contributed by atoms with Crippen LogP contribution in [0, 0.1) is 12.7 Å². The van der Waals surface area contributed by atoms with Gasteiger partial charge in [0, 0.05) is 15.6 Å². The molecule has 0 saturated heterocycles. The van der Waals surface area contributed by atoms with Crippen molar-refractivity contribution in [3.05, 3.63) is 63.4 Å². The molecule has 2 aromatic rings. The number of aryl methyl sites for hydroxylation is 1. The Labute approximate surface area is 127 Å². The van der Waals surface area contributed by atoms with E-state index in [0.717, 1.165) is 21.3 Å². The van der Waals surface area contributed by atoms with E-state index in [1.54, 1.807) is 19.2 Å². The molecule has 0 aliphatic rings. The number of methoxy groups -OCH3 is 1. The average Bonchev–Trinajstić information content (AvgIpc) is 2.45. The first-order chi connectivity index (χ1) is 9.58. The summed E-state index contributed by atoms with van der Waals surface area (Å²) in [5.74, 6) is 0.513. The zero-order valence-electron chi connectivity index (χ0n) is 11.7. The summed E-state index contributed by atoms with van der Waals surface area (Å²) >= 11 is 3.52. The smallest absolute Gasteiger partial charge is 0.128 e. The van der Waals surface area contributed by atoms with Gasteiger partial charge in [-0.2, -0.15) is 0 Å². The predicted octanol–water partition coefficient (Wildman–Crippen LogP) is 4.21. The van der Waals surface area contributed by atoms with Gasteiger partial charge in [-0.1, -0.05) is 34.1 Å². The van der Waals surface area contributed by atoms with Crippen LogP contribution in [0.15, 0.2) is 40.9 Å². The molecule has 2 nitrogen and oxygen atoms in total. The summed E-state index contributed by atoms with van der Waals surface area (Å²) in [5.41, 5.74) is 2.58. The number of rotatable bonds is 4. The van der Waals surface area contributed by atoms with Crippen molar-refractivity contribution >= 4 is 15.9 Å². The van der Waals surface area contributed by atoms with E-state index in [0.29, 0.717) is 5.56 Å². The summed E-state index contributed by atoms with van der Waals surface area (Å²) in [4.78, 5) is 0. The number of benzene rings is 2. The fraction of sp³-hybridized carbons (Fsp3) is 0.250. The summed E-state index contributed by atoms with van der Waals surface area (Å²) in [5, 5.41) is 3.16. The fourth-order valence-corrected chi connectivity index (χ4v) is 2.62. The summed E-state index contributed by atoms with van der Waals surface area (Å²) in [6, 6.07) is 10.4. The Morgan fingerprint density at radius 3 is 2.50 bits per heavy atom. The first kappa shape index (κ1) is 15.0. The van der Waals surface area contributed by atoms with Crippen LogP contribution < -0.4 is 10.1 Å². The third kappa shape index (κ3) is 2.86. The zero-order chi connectivity index (χ0) is 14.7. The first-order valence-corrected chi connectivity index (χ1v) is 7.13. The second-order valence-electron chi connectivity index (χ2n) is 4.59. The average molecular weight is 338 g/mol. The van der Waals surface area contributed by atoms with E-state index >= 15 is 0 Å². The highest BCUT2D eigenvalue weighted by Crippen LogP contribution is 2.35. The molecule has 1 unspecified atom stereocenters. The molecule has 0 spiro atoms. The molecule has 0 aliphatic carbocycles. The lowest BCUT2D eigenvalue weighted by Gasteiger charge is -2.21. The first-order valence-electron chi connectivity index (χ1n) is 6.34. The van der Waals surface area contributed by atoms with Crippen molar-refractivity contribution in [2.24, 2.45) is 0 Å². The van der Waals surface area contributed by atoms with Crippen molar-refractivity contribution in [1.82, 2.24) is 5.32 Å². The Balaban J connectivity index is 2.58. The predicted molar refractivity (Wildman–Crippen MR) is 82.7 cm³/mol. The van der Waals surface area contributed by atoms with Crippen molar-refractivity contribution in [3.63, 3.8) is 0 Å². The minimum Gasteiger partial charge on any atom is -0.496 e. The molecule has 2 aromatic carbocycles. The molecule has 0 bridgehead atoms. The molecule has 0 radical (unpaired) electrons. The third-order valence-corrected chi connectivity index (χ3v) is 4.18. The van der Waals surface area contributed by atoms with Gasteiger partial charge in [-0.25, -0.2) is 4.39 Å². The number of halogens is 2. The molecule has 2 rings (SSSR count). The summed E-state index contributed by atoms with van der Waals surface area (Å²) in [6.45, 7) is 1.99. The van der Waals surface area contributed by atoms with Gasteiger partial charge in [0.15, 0.2) is 0 Å². The van der Waals surface area contributed by atoms with Crippen LogP contribution in [0.1, 0.15) is 22.7 Å². The van der Waals surface area contributed by atoms with E-state index in [9.17, 15) is 4.39 Å². The summed E-state index contributed by atoms with van der Waals surface area (Å²) < 4.78 is 20.5. The van der Waals surface area contributed by atoms with E-state index < -0.39 is 0 Å². The fourth-order valence-electron chi connectivity index (χ4n) is 2.26. The highest BCUT2D eigenvalue weighted by atomic mass is 79.9. The largest absolute Gasteiger partial charge is 0.496 e. The Morgan fingerprint density at radius 1 is 1.20 bits per heavy atom. The van der Waals surface area contributed by atoms with Crippen molar-refractivity contribution in [2.45, 2.75) is 13.0 Å². The molecule has 0 aliphatic heterocycles. The molecule has 0 amide bonds. The number of ether oxygens (including phenoxy) is 1.